The smallest absolute Gasteiger partial charge is 0.226 e. The van der Waals surface area contributed by atoms with Crippen LogP contribution < -0.4 is 15.4 Å². The number of amides is 1. The minimum atomic E-state index is -0.0631. The van der Waals surface area contributed by atoms with E-state index >= 15 is 0 Å². The van der Waals surface area contributed by atoms with Crippen molar-refractivity contribution in [3.05, 3.63) is 36.1 Å². The monoisotopic (exact) mass is 289 g/mol. The van der Waals surface area contributed by atoms with Gasteiger partial charge in [-0.3, -0.25) is 4.79 Å². The summed E-state index contributed by atoms with van der Waals surface area (Å²) in [5.41, 5.74) is 0.751. The molecule has 2 rings (SSSR count). The number of rotatable bonds is 7. The van der Waals surface area contributed by atoms with E-state index in [1.165, 1.54) is 0 Å². The third kappa shape index (κ3) is 4.83. The van der Waals surface area contributed by atoms with Gasteiger partial charge in [0.25, 0.3) is 0 Å². The van der Waals surface area contributed by atoms with E-state index in [0.29, 0.717) is 25.4 Å². The molecule has 1 aromatic heterocycles. The van der Waals surface area contributed by atoms with E-state index in [1.807, 2.05) is 38.1 Å². The number of nitrogens with one attached hydrogen (secondary N) is 2. The number of hydrogen-bond donors (Lipinski definition) is 2. The fourth-order valence-corrected chi connectivity index (χ4v) is 1.78. The van der Waals surface area contributed by atoms with E-state index in [1.54, 1.807) is 6.07 Å². The Labute approximate surface area is 123 Å². The Kier molecular flexibility index (Phi) is 5.20. The molecular formula is C15H19N3O3. The predicted octanol–water partition coefficient (Wildman–Crippen LogP) is 2.82. The average Bonchev–Trinajstić information content (AvgIpc) is 2.87. The highest BCUT2D eigenvalue weighted by Crippen LogP contribution is 2.15. The number of aryl methyl sites for hydroxylation is 1. The molecule has 6 nitrogen and oxygen atoms in total. The van der Waals surface area contributed by atoms with E-state index in [-0.39, 0.29) is 5.91 Å². The van der Waals surface area contributed by atoms with Crippen LogP contribution in [-0.4, -0.2) is 24.2 Å². The van der Waals surface area contributed by atoms with E-state index in [4.69, 9.17) is 9.26 Å². The molecule has 0 spiro atoms. The van der Waals surface area contributed by atoms with E-state index in [2.05, 4.69) is 15.8 Å². The Morgan fingerprint density at radius 3 is 2.71 bits per heavy atom. The molecule has 0 atom stereocenters. The van der Waals surface area contributed by atoms with Crippen molar-refractivity contribution in [1.29, 1.82) is 0 Å². The molecule has 0 fully saturated rings. The van der Waals surface area contributed by atoms with Gasteiger partial charge in [-0.2, -0.15) is 0 Å². The Morgan fingerprint density at radius 2 is 2.10 bits per heavy atom. The van der Waals surface area contributed by atoms with Crippen molar-refractivity contribution < 1.29 is 14.1 Å². The summed E-state index contributed by atoms with van der Waals surface area (Å²) in [6.45, 7) is 4.86. The lowest BCUT2D eigenvalue weighted by atomic mass is 10.3. The molecule has 6 heteroatoms. The molecule has 0 aliphatic carbocycles. The lowest BCUT2D eigenvalue weighted by molar-refractivity contribution is -0.115. The maximum absolute atomic E-state index is 11.8. The fraction of sp³-hybridized carbons (Fsp3) is 0.333. The van der Waals surface area contributed by atoms with Crippen LogP contribution in [0.1, 0.15) is 19.1 Å². The van der Waals surface area contributed by atoms with E-state index < -0.39 is 0 Å². The van der Waals surface area contributed by atoms with Crippen molar-refractivity contribution in [1.82, 2.24) is 5.16 Å². The second kappa shape index (κ2) is 7.33. The maximum Gasteiger partial charge on any atom is 0.226 e. The highest BCUT2D eigenvalue weighted by Gasteiger charge is 2.04. The molecule has 21 heavy (non-hydrogen) atoms. The number of anilines is 2. The Balaban J connectivity index is 1.73. The highest BCUT2D eigenvalue weighted by molar-refractivity contribution is 5.91. The third-order valence-corrected chi connectivity index (χ3v) is 2.74. The molecule has 112 valence electrons. The van der Waals surface area contributed by atoms with Gasteiger partial charge in [-0.15, -0.1) is 0 Å². The van der Waals surface area contributed by atoms with Crippen LogP contribution >= 0.6 is 0 Å². The van der Waals surface area contributed by atoms with Gasteiger partial charge >= 0.3 is 0 Å². The lowest BCUT2D eigenvalue weighted by Crippen LogP contribution is -2.16. The minimum Gasteiger partial charge on any atom is -0.494 e. The second-order valence-electron chi connectivity index (χ2n) is 4.51. The number of ether oxygens (including phenoxy) is 1. The summed E-state index contributed by atoms with van der Waals surface area (Å²) in [5, 5.41) is 9.64. The third-order valence-electron chi connectivity index (χ3n) is 2.74. The summed E-state index contributed by atoms with van der Waals surface area (Å²) in [4.78, 5) is 11.8. The van der Waals surface area contributed by atoms with Gasteiger partial charge in [-0.05, 0) is 38.1 Å². The van der Waals surface area contributed by atoms with Crippen LogP contribution in [0.15, 0.2) is 34.9 Å². The van der Waals surface area contributed by atoms with Crippen molar-refractivity contribution in [2.45, 2.75) is 20.3 Å². The molecule has 0 saturated heterocycles. The first kappa shape index (κ1) is 14.9. The molecule has 0 bridgehead atoms. The zero-order chi connectivity index (χ0) is 15.1. The molecule has 0 aliphatic heterocycles. The number of benzene rings is 1. The number of nitrogens with zero attached hydrogens (tertiary/aromatic N) is 1. The molecule has 1 aromatic carbocycles. The first-order chi connectivity index (χ1) is 10.2. The summed E-state index contributed by atoms with van der Waals surface area (Å²) in [6, 6.07) is 9.07. The molecule has 0 saturated carbocycles. The summed E-state index contributed by atoms with van der Waals surface area (Å²) >= 11 is 0. The van der Waals surface area contributed by atoms with Crippen molar-refractivity contribution in [2.75, 3.05) is 23.8 Å². The van der Waals surface area contributed by atoms with Gasteiger partial charge in [0.1, 0.15) is 11.5 Å². The van der Waals surface area contributed by atoms with Crippen molar-refractivity contribution in [2.24, 2.45) is 0 Å². The van der Waals surface area contributed by atoms with Crippen LogP contribution in [0.3, 0.4) is 0 Å². The van der Waals surface area contributed by atoms with Gasteiger partial charge in [-0.25, -0.2) is 0 Å². The number of hydrogen-bond acceptors (Lipinski definition) is 5. The summed E-state index contributed by atoms with van der Waals surface area (Å²) in [7, 11) is 0. The SMILES string of the molecule is CCOc1ccc(NC(=O)CCNc2cc(C)on2)cc1. The highest BCUT2D eigenvalue weighted by atomic mass is 16.5. The van der Waals surface area contributed by atoms with Crippen LogP contribution in [-0.2, 0) is 4.79 Å². The van der Waals surface area contributed by atoms with Crippen LogP contribution in [0.2, 0.25) is 0 Å². The quantitative estimate of drug-likeness (QED) is 0.819. The van der Waals surface area contributed by atoms with Gasteiger partial charge in [0, 0.05) is 24.7 Å². The molecule has 0 unspecified atom stereocenters. The standard InChI is InChI=1S/C15H19N3O3/c1-3-20-13-6-4-12(5-7-13)17-15(19)8-9-16-14-10-11(2)21-18-14/h4-7,10H,3,8-9H2,1-2H3,(H,16,18)(H,17,19). The zero-order valence-corrected chi connectivity index (χ0v) is 12.2. The van der Waals surface area contributed by atoms with Crippen LogP contribution in [0.25, 0.3) is 0 Å². The lowest BCUT2D eigenvalue weighted by Gasteiger charge is -2.07. The minimum absolute atomic E-state index is 0.0631. The van der Waals surface area contributed by atoms with Crippen molar-refractivity contribution in [3.63, 3.8) is 0 Å². The number of aromatic nitrogens is 1. The molecule has 1 heterocycles. The zero-order valence-electron chi connectivity index (χ0n) is 12.2. The second-order valence-corrected chi connectivity index (χ2v) is 4.51. The van der Waals surface area contributed by atoms with Gasteiger partial charge in [0.05, 0.1) is 6.61 Å². The van der Waals surface area contributed by atoms with Crippen LogP contribution in [0.4, 0.5) is 11.5 Å². The topological polar surface area (TPSA) is 76.4 Å². The summed E-state index contributed by atoms with van der Waals surface area (Å²) < 4.78 is 10.3. The van der Waals surface area contributed by atoms with Crippen molar-refractivity contribution in [3.8, 4) is 5.75 Å². The van der Waals surface area contributed by atoms with Gasteiger partial charge < -0.3 is 19.9 Å². The molecule has 0 aliphatic rings. The van der Waals surface area contributed by atoms with E-state index in [9.17, 15) is 4.79 Å². The normalized spacial score (nSPS) is 10.2. The number of carbonyl (C=O) groups is 1. The molecule has 2 N–H and O–H groups in total. The predicted molar refractivity (Wildman–Crippen MR) is 80.6 cm³/mol. The van der Waals surface area contributed by atoms with Crippen LogP contribution in [0.5, 0.6) is 5.75 Å². The summed E-state index contributed by atoms with van der Waals surface area (Å²) in [6.07, 6.45) is 0.346. The van der Waals surface area contributed by atoms with Crippen molar-refractivity contribution >= 4 is 17.4 Å². The average molecular weight is 289 g/mol. The Bertz CT molecular complexity index is 578. The molecular weight excluding hydrogens is 270 g/mol. The number of carbonyl (C=O) groups excluding carboxylic acids is 1. The molecule has 0 radical (unpaired) electrons. The van der Waals surface area contributed by atoms with Gasteiger partial charge in [0.15, 0.2) is 5.82 Å². The Hall–Kier alpha value is -2.50. The Morgan fingerprint density at radius 1 is 1.33 bits per heavy atom. The first-order valence-corrected chi connectivity index (χ1v) is 6.87. The molecule has 1 amide bonds. The van der Waals surface area contributed by atoms with Gasteiger partial charge in [0.2, 0.25) is 5.91 Å². The van der Waals surface area contributed by atoms with Gasteiger partial charge in [-0.1, -0.05) is 5.16 Å². The first-order valence-electron chi connectivity index (χ1n) is 6.87. The summed E-state index contributed by atoms with van der Waals surface area (Å²) in [5.74, 6) is 2.10. The van der Waals surface area contributed by atoms with E-state index in [0.717, 1.165) is 17.2 Å². The fourth-order valence-electron chi connectivity index (χ4n) is 1.78. The van der Waals surface area contributed by atoms with Crippen LogP contribution in [0, 0.1) is 6.92 Å². The largest absolute Gasteiger partial charge is 0.494 e. The molecule has 2 aromatic rings. The maximum atomic E-state index is 11.8.